The normalized spacial score (nSPS) is 12.1. The van der Waals surface area contributed by atoms with Crippen LogP contribution < -0.4 is 10.0 Å². The molecule has 0 radical (unpaired) electrons. The van der Waals surface area contributed by atoms with Gasteiger partial charge in [-0.2, -0.15) is 13.2 Å². The quantitative estimate of drug-likeness (QED) is 0.334. The van der Waals surface area contributed by atoms with E-state index in [2.05, 4.69) is 15.0 Å². The number of rotatable bonds is 6. The lowest BCUT2D eigenvalue weighted by molar-refractivity contribution is -0.137. The Morgan fingerprint density at radius 1 is 0.914 bits per heavy atom. The Bertz CT molecular complexity index is 1530. The molecule has 10 heteroatoms. The molecule has 0 saturated heterocycles. The van der Waals surface area contributed by atoms with Crippen LogP contribution in [-0.2, 0) is 21.0 Å². The number of carbonyl (C=O) groups excluding carboxylic acids is 1. The number of nitrogens with one attached hydrogen (secondary N) is 2. The Morgan fingerprint density at radius 2 is 1.66 bits per heavy atom. The SMILES string of the molecule is O=C(/C=C/c1cccc(NS(=O)(=O)c2cccc(C(F)(F)F)c2)c1)Nc1cccc2cccnc12. The van der Waals surface area contributed by atoms with E-state index in [1.54, 1.807) is 36.5 Å². The van der Waals surface area contributed by atoms with Gasteiger partial charge in [0.2, 0.25) is 5.91 Å². The van der Waals surface area contributed by atoms with E-state index in [0.717, 1.165) is 23.6 Å². The maximum Gasteiger partial charge on any atom is 0.416 e. The number of anilines is 2. The zero-order chi connectivity index (χ0) is 25.1. The molecule has 35 heavy (non-hydrogen) atoms. The van der Waals surface area contributed by atoms with Gasteiger partial charge in [-0.1, -0.05) is 36.4 Å². The van der Waals surface area contributed by atoms with E-state index in [-0.39, 0.29) is 5.69 Å². The number of sulfonamides is 1. The molecule has 4 aromatic rings. The Hall–Kier alpha value is -4.18. The van der Waals surface area contributed by atoms with Crippen molar-refractivity contribution in [3.8, 4) is 0 Å². The molecule has 4 rings (SSSR count). The lowest BCUT2D eigenvalue weighted by Gasteiger charge is -2.11. The first-order valence-electron chi connectivity index (χ1n) is 10.2. The summed E-state index contributed by atoms with van der Waals surface area (Å²) in [5.74, 6) is -0.418. The minimum absolute atomic E-state index is 0.128. The molecular formula is C25H18F3N3O3S. The monoisotopic (exact) mass is 497 g/mol. The standard InChI is InChI=1S/C25H18F3N3O3S/c26-25(27,28)19-8-3-10-21(16-19)35(33,34)31-20-9-1-5-17(15-20)12-13-23(32)30-22-11-2-6-18-7-4-14-29-24(18)22/h1-16,31H,(H,30,32)/b13-12+. The number of halogens is 3. The van der Waals surface area contributed by atoms with Crippen LogP contribution >= 0.6 is 0 Å². The second kappa shape index (κ2) is 9.59. The summed E-state index contributed by atoms with van der Waals surface area (Å²) >= 11 is 0. The van der Waals surface area contributed by atoms with Gasteiger partial charge in [-0.05, 0) is 54.1 Å². The van der Waals surface area contributed by atoms with Crippen LogP contribution in [-0.4, -0.2) is 19.3 Å². The van der Waals surface area contributed by atoms with E-state index in [1.165, 1.54) is 24.3 Å². The third-order valence-corrected chi connectivity index (χ3v) is 6.31. The van der Waals surface area contributed by atoms with Gasteiger partial charge < -0.3 is 5.32 Å². The first kappa shape index (κ1) is 24.0. The number of para-hydroxylation sites is 1. The summed E-state index contributed by atoms with van der Waals surface area (Å²) in [5.41, 5.74) is 0.747. The van der Waals surface area contributed by atoms with E-state index in [4.69, 9.17) is 0 Å². The van der Waals surface area contributed by atoms with Crippen molar-refractivity contribution >= 4 is 44.3 Å². The summed E-state index contributed by atoms with van der Waals surface area (Å²) in [7, 11) is -4.27. The van der Waals surface area contributed by atoms with Gasteiger partial charge in [0.05, 0.1) is 21.7 Å². The first-order valence-corrected chi connectivity index (χ1v) is 11.7. The fourth-order valence-electron chi connectivity index (χ4n) is 3.31. The highest BCUT2D eigenvalue weighted by Crippen LogP contribution is 2.31. The molecule has 0 unspecified atom stereocenters. The van der Waals surface area contributed by atoms with Crippen LogP contribution in [0, 0.1) is 0 Å². The summed E-state index contributed by atoms with van der Waals surface area (Å²) in [6.07, 6.45) is -0.281. The van der Waals surface area contributed by atoms with Crippen molar-refractivity contribution < 1.29 is 26.4 Å². The summed E-state index contributed by atoms with van der Waals surface area (Å²) < 4.78 is 66.3. The van der Waals surface area contributed by atoms with E-state index in [1.807, 2.05) is 12.1 Å². The Balaban J connectivity index is 1.48. The number of pyridine rings is 1. The Kier molecular flexibility index (Phi) is 6.57. The molecule has 0 atom stereocenters. The van der Waals surface area contributed by atoms with Crippen molar-refractivity contribution in [1.82, 2.24) is 4.98 Å². The third kappa shape index (κ3) is 5.85. The van der Waals surface area contributed by atoms with Gasteiger partial charge in [0.1, 0.15) is 0 Å². The molecule has 3 aromatic carbocycles. The molecule has 1 heterocycles. The highest BCUT2D eigenvalue weighted by molar-refractivity contribution is 7.92. The number of nitrogens with zero attached hydrogens (tertiary/aromatic N) is 1. The van der Waals surface area contributed by atoms with E-state index < -0.39 is 32.6 Å². The first-order chi connectivity index (χ1) is 16.6. The lowest BCUT2D eigenvalue weighted by atomic mass is 10.2. The molecule has 0 fully saturated rings. The van der Waals surface area contributed by atoms with Gasteiger partial charge in [-0.25, -0.2) is 8.42 Å². The minimum Gasteiger partial charge on any atom is -0.321 e. The summed E-state index contributed by atoms with van der Waals surface area (Å²) in [6, 6.07) is 18.6. The highest BCUT2D eigenvalue weighted by atomic mass is 32.2. The molecule has 0 aliphatic rings. The maximum atomic E-state index is 12.9. The van der Waals surface area contributed by atoms with Crippen LogP contribution in [0.15, 0.2) is 96.0 Å². The van der Waals surface area contributed by atoms with Crippen molar-refractivity contribution in [3.05, 3.63) is 102 Å². The van der Waals surface area contributed by atoms with Gasteiger partial charge in [0.15, 0.2) is 0 Å². The molecule has 1 amide bonds. The average molecular weight is 497 g/mol. The van der Waals surface area contributed by atoms with Crippen molar-refractivity contribution in [1.29, 1.82) is 0 Å². The zero-order valence-corrected chi connectivity index (χ0v) is 18.8. The second-order valence-corrected chi connectivity index (χ2v) is 9.14. The molecule has 2 N–H and O–H groups in total. The highest BCUT2D eigenvalue weighted by Gasteiger charge is 2.31. The lowest BCUT2D eigenvalue weighted by Crippen LogP contribution is -2.14. The topological polar surface area (TPSA) is 88.2 Å². The van der Waals surface area contributed by atoms with Crippen molar-refractivity contribution in [2.45, 2.75) is 11.1 Å². The number of amides is 1. The number of alkyl halides is 3. The summed E-state index contributed by atoms with van der Waals surface area (Å²) in [4.78, 5) is 16.2. The fraction of sp³-hybridized carbons (Fsp3) is 0.0400. The van der Waals surface area contributed by atoms with Crippen LogP contribution in [0.5, 0.6) is 0 Å². The molecule has 0 saturated carbocycles. The summed E-state index contributed by atoms with van der Waals surface area (Å²) in [5, 5.41) is 3.63. The number of fused-ring (bicyclic) bond motifs is 1. The van der Waals surface area contributed by atoms with Crippen molar-refractivity contribution in [2.75, 3.05) is 10.0 Å². The van der Waals surface area contributed by atoms with E-state index >= 15 is 0 Å². The molecule has 0 bridgehead atoms. The van der Waals surface area contributed by atoms with Gasteiger partial charge >= 0.3 is 6.18 Å². The minimum atomic E-state index is -4.67. The predicted molar refractivity (Wildman–Crippen MR) is 128 cm³/mol. The molecule has 0 spiro atoms. The van der Waals surface area contributed by atoms with Gasteiger partial charge in [-0.15, -0.1) is 0 Å². The van der Waals surface area contributed by atoms with Crippen LogP contribution in [0.1, 0.15) is 11.1 Å². The van der Waals surface area contributed by atoms with E-state index in [0.29, 0.717) is 22.8 Å². The summed E-state index contributed by atoms with van der Waals surface area (Å²) in [6.45, 7) is 0. The van der Waals surface area contributed by atoms with Crippen LogP contribution in [0.4, 0.5) is 24.5 Å². The predicted octanol–water partition coefficient (Wildman–Crippen LogP) is 5.71. The fourth-order valence-corrected chi connectivity index (χ4v) is 4.41. The van der Waals surface area contributed by atoms with Gasteiger partial charge in [0.25, 0.3) is 10.0 Å². The Labute approximate surface area is 199 Å². The largest absolute Gasteiger partial charge is 0.416 e. The second-order valence-electron chi connectivity index (χ2n) is 7.46. The molecule has 6 nitrogen and oxygen atoms in total. The van der Waals surface area contributed by atoms with Crippen LogP contribution in [0.3, 0.4) is 0 Å². The maximum absolute atomic E-state index is 12.9. The smallest absolute Gasteiger partial charge is 0.321 e. The molecule has 1 aromatic heterocycles. The van der Waals surface area contributed by atoms with Crippen LogP contribution in [0.2, 0.25) is 0 Å². The zero-order valence-electron chi connectivity index (χ0n) is 18.0. The Morgan fingerprint density at radius 3 is 2.46 bits per heavy atom. The third-order valence-electron chi connectivity index (χ3n) is 4.93. The molecule has 0 aliphatic carbocycles. The molecular weight excluding hydrogens is 479 g/mol. The van der Waals surface area contributed by atoms with Crippen molar-refractivity contribution in [3.63, 3.8) is 0 Å². The number of hydrogen-bond donors (Lipinski definition) is 2. The average Bonchev–Trinajstić information content (AvgIpc) is 2.83. The van der Waals surface area contributed by atoms with Crippen molar-refractivity contribution in [2.24, 2.45) is 0 Å². The molecule has 178 valence electrons. The van der Waals surface area contributed by atoms with Gasteiger partial charge in [-0.3, -0.25) is 14.5 Å². The number of hydrogen-bond acceptors (Lipinski definition) is 4. The van der Waals surface area contributed by atoms with Gasteiger partial charge in [0, 0.05) is 23.3 Å². The molecule has 0 aliphatic heterocycles. The van der Waals surface area contributed by atoms with Crippen LogP contribution in [0.25, 0.3) is 17.0 Å². The number of aromatic nitrogens is 1. The number of benzene rings is 3. The van der Waals surface area contributed by atoms with E-state index in [9.17, 15) is 26.4 Å². The number of carbonyl (C=O) groups is 1.